The highest BCUT2D eigenvalue weighted by Crippen LogP contribution is 2.44. The fraction of sp³-hybridized carbons (Fsp3) is 0.250. The van der Waals surface area contributed by atoms with Gasteiger partial charge in [-0.15, -0.1) is 0 Å². The molecule has 0 aromatic heterocycles. The van der Waals surface area contributed by atoms with Crippen LogP contribution in [0.4, 0.5) is 11.4 Å². The van der Waals surface area contributed by atoms with Gasteiger partial charge in [-0.05, 0) is 36.2 Å². The number of benzene rings is 2. The molecule has 21 heavy (non-hydrogen) atoms. The molecule has 4 nitrogen and oxygen atoms in total. The first-order valence-corrected chi connectivity index (χ1v) is 8.43. The van der Waals surface area contributed by atoms with E-state index in [4.69, 9.17) is 0 Å². The van der Waals surface area contributed by atoms with Crippen LogP contribution in [0.25, 0.3) is 0 Å². The highest BCUT2D eigenvalue weighted by Gasteiger charge is 2.33. The van der Waals surface area contributed by atoms with Crippen LogP contribution in [0.3, 0.4) is 0 Å². The lowest BCUT2D eigenvalue weighted by Crippen LogP contribution is -2.26. The molecule has 1 aliphatic rings. The van der Waals surface area contributed by atoms with Gasteiger partial charge in [0.2, 0.25) is 9.84 Å². The zero-order chi connectivity index (χ0) is 15.0. The maximum atomic E-state index is 12.8. The van der Waals surface area contributed by atoms with Crippen LogP contribution in [0.15, 0.2) is 52.3 Å². The molecule has 2 aromatic carbocycles. The lowest BCUT2D eigenvalue weighted by molar-refractivity contribution is 0.281. The average molecular weight is 303 g/mol. The van der Waals surface area contributed by atoms with E-state index in [0.29, 0.717) is 16.1 Å². The van der Waals surface area contributed by atoms with Crippen molar-refractivity contribution in [1.29, 1.82) is 0 Å². The largest absolute Gasteiger partial charge is 0.392 e. The number of fused-ring (bicyclic) bond motifs is 2. The Morgan fingerprint density at radius 1 is 1.05 bits per heavy atom. The molecule has 5 heteroatoms. The summed E-state index contributed by atoms with van der Waals surface area (Å²) < 4.78 is 25.6. The van der Waals surface area contributed by atoms with Crippen molar-refractivity contribution in [2.75, 3.05) is 11.4 Å². The molecule has 0 fully saturated rings. The SMILES string of the molecule is CCCN1c2ccccc2S(=O)(=O)c2cc(CO)ccc21. The van der Waals surface area contributed by atoms with Crippen molar-refractivity contribution in [3.8, 4) is 0 Å². The van der Waals surface area contributed by atoms with Crippen LogP contribution in [0.1, 0.15) is 18.9 Å². The van der Waals surface area contributed by atoms with Gasteiger partial charge in [0, 0.05) is 6.54 Å². The second-order valence-corrected chi connectivity index (χ2v) is 6.97. The van der Waals surface area contributed by atoms with Crippen molar-refractivity contribution in [1.82, 2.24) is 0 Å². The van der Waals surface area contributed by atoms with E-state index in [-0.39, 0.29) is 11.5 Å². The van der Waals surface area contributed by atoms with E-state index < -0.39 is 9.84 Å². The van der Waals surface area contributed by atoms with Crippen molar-refractivity contribution in [2.45, 2.75) is 29.7 Å². The minimum absolute atomic E-state index is 0.168. The van der Waals surface area contributed by atoms with E-state index in [1.807, 2.05) is 17.0 Å². The van der Waals surface area contributed by atoms with Crippen molar-refractivity contribution in [3.63, 3.8) is 0 Å². The van der Waals surface area contributed by atoms with E-state index in [0.717, 1.165) is 18.7 Å². The summed E-state index contributed by atoms with van der Waals surface area (Å²) in [6.07, 6.45) is 0.912. The number of hydrogen-bond donors (Lipinski definition) is 1. The molecule has 3 rings (SSSR count). The molecule has 0 saturated carbocycles. The maximum absolute atomic E-state index is 12.8. The average Bonchev–Trinajstić information content (AvgIpc) is 2.51. The number of rotatable bonds is 3. The molecule has 0 aliphatic carbocycles. The number of anilines is 2. The Morgan fingerprint density at radius 2 is 1.76 bits per heavy atom. The van der Waals surface area contributed by atoms with Gasteiger partial charge in [0.25, 0.3) is 0 Å². The Kier molecular flexibility index (Phi) is 3.47. The first kappa shape index (κ1) is 14.1. The van der Waals surface area contributed by atoms with E-state index >= 15 is 0 Å². The van der Waals surface area contributed by atoms with Crippen LogP contribution in [-0.4, -0.2) is 20.1 Å². The third-order valence-corrected chi connectivity index (χ3v) is 5.51. The summed E-state index contributed by atoms with van der Waals surface area (Å²) in [5.41, 5.74) is 2.02. The summed E-state index contributed by atoms with van der Waals surface area (Å²) in [5, 5.41) is 9.27. The van der Waals surface area contributed by atoms with Gasteiger partial charge in [-0.2, -0.15) is 0 Å². The van der Waals surface area contributed by atoms with Gasteiger partial charge in [0.15, 0.2) is 0 Å². The molecule has 2 aromatic rings. The van der Waals surface area contributed by atoms with E-state index in [1.54, 1.807) is 30.3 Å². The first-order valence-electron chi connectivity index (χ1n) is 6.95. The summed E-state index contributed by atoms with van der Waals surface area (Å²) >= 11 is 0. The Balaban J connectivity index is 2.31. The summed E-state index contributed by atoms with van der Waals surface area (Å²) in [6.45, 7) is 2.64. The molecule has 1 aliphatic heterocycles. The molecule has 0 spiro atoms. The number of sulfone groups is 1. The molecule has 0 unspecified atom stereocenters. The fourth-order valence-electron chi connectivity index (χ4n) is 2.72. The van der Waals surface area contributed by atoms with Gasteiger partial charge in [-0.3, -0.25) is 0 Å². The Labute approximate surface area is 124 Å². The van der Waals surface area contributed by atoms with Gasteiger partial charge in [0.05, 0.1) is 27.8 Å². The Hall–Kier alpha value is -1.85. The zero-order valence-corrected chi connectivity index (χ0v) is 12.6. The van der Waals surface area contributed by atoms with Gasteiger partial charge in [0.1, 0.15) is 0 Å². The topological polar surface area (TPSA) is 57.6 Å². The molecule has 0 bridgehead atoms. The van der Waals surface area contributed by atoms with Crippen molar-refractivity contribution in [2.24, 2.45) is 0 Å². The smallest absolute Gasteiger partial charge is 0.210 e. The third-order valence-electron chi connectivity index (χ3n) is 3.68. The predicted octanol–water partition coefficient (Wildman–Crippen LogP) is 2.87. The fourth-order valence-corrected chi connectivity index (χ4v) is 4.42. The Bertz CT molecular complexity index is 784. The van der Waals surface area contributed by atoms with Gasteiger partial charge in [-0.25, -0.2) is 8.42 Å². The van der Waals surface area contributed by atoms with Crippen molar-refractivity contribution < 1.29 is 13.5 Å². The summed E-state index contributed by atoms with van der Waals surface area (Å²) in [5.74, 6) is 0. The van der Waals surface area contributed by atoms with E-state index in [2.05, 4.69) is 6.92 Å². The normalized spacial score (nSPS) is 15.4. The standard InChI is InChI=1S/C16H17NO3S/c1-2-9-17-13-5-3-4-6-15(13)21(19,20)16-10-12(11-18)7-8-14(16)17/h3-8,10,18H,2,9,11H2,1H3. The molecule has 0 radical (unpaired) electrons. The molecule has 0 saturated heterocycles. The Morgan fingerprint density at radius 3 is 2.48 bits per heavy atom. The van der Waals surface area contributed by atoms with E-state index in [9.17, 15) is 13.5 Å². The lowest BCUT2D eigenvalue weighted by atomic mass is 10.1. The first-order chi connectivity index (χ1) is 10.1. The number of aliphatic hydroxyl groups excluding tert-OH is 1. The van der Waals surface area contributed by atoms with Gasteiger partial charge >= 0.3 is 0 Å². The van der Waals surface area contributed by atoms with Crippen molar-refractivity contribution >= 4 is 21.2 Å². The third kappa shape index (κ3) is 2.13. The highest BCUT2D eigenvalue weighted by molar-refractivity contribution is 7.92. The highest BCUT2D eigenvalue weighted by atomic mass is 32.2. The quantitative estimate of drug-likeness (QED) is 0.947. The van der Waals surface area contributed by atoms with Gasteiger partial charge < -0.3 is 10.0 Å². The second-order valence-electron chi connectivity index (χ2n) is 5.08. The van der Waals surface area contributed by atoms with Crippen LogP contribution < -0.4 is 4.90 Å². The summed E-state index contributed by atoms with van der Waals surface area (Å²) in [6, 6.07) is 12.2. The van der Waals surface area contributed by atoms with E-state index in [1.165, 1.54) is 0 Å². The van der Waals surface area contributed by atoms with Crippen LogP contribution >= 0.6 is 0 Å². The minimum Gasteiger partial charge on any atom is -0.392 e. The zero-order valence-electron chi connectivity index (χ0n) is 11.8. The number of nitrogens with zero attached hydrogens (tertiary/aromatic N) is 1. The molecular formula is C16H17NO3S. The molecule has 0 amide bonds. The van der Waals surface area contributed by atoms with Crippen LogP contribution in [-0.2, 0) is 16.4 Å². The monoisotopic (exact) mass is 303 g/mol. The maximum Gasteiger partial charge on any atom is 0.210 e. The number of para-hydroxylation sites is 1. The van der Waals surface area contributed by atoms with Crippen molar-refractivity contribution in [3.05, 3.63) is 48.0 Å². The lowest BCUT2D eigenvalue weighted by Gasteiger charge is -2.32. The number of aliphatic hydroxyl groups is 1. The minimum atomic E-state index is -3.54. The molecular weight excluding hydrogens is 286 g/mol. The molecule has 0 atom stereocenters. The number of hydrogen-bond acceptors (Lipinski definition) is 4. The van der Waals surface area contributed by atoms with Crippen LogP contribution in [0.5, 0.6) is 0 Å². The second kappa shape index (κ2) is 5.16. The summed E-state index contributed by atoms with van der Waals surface area (Å²) in [4.78, 5) is 2.65. The van der Waals surface area contributed by atoms with Crippen LogP contribution in [0, 0.1) is 0 Å². The van der Waals surface area contributed by atoms with Gasteiger partial charge in [-0.1, -0.05) is 25.1 Å². The summed E-state index contributed by atoms with van der Waals surface area (Å²) in [7, 11) is -3.54. The molecule has 1 N–H and O–H groups in total. The molecule has 110 valence electrons. The predicted molar refractivity (Wildman–Crippen MR) is 81.6 cm³/mol. The van der Waals surface area contributed by atoms with Crippen LogP contribution in [0.2, 0.25) is 0 Å². The molecule has 1 heterocycles.